The Morgan fingerprint density at radius 1 is 0.476 bits per heavy atom. The normalized spacial score (nSPS) is 13.3. The van der Waals surface area contributed by atoms with Crippen LogP contribution in [0.1, 0.15) is 22.3 Å². The molecule has 0 bridgehead atoms. The SMILES string of the molecule is c1ccc([C-]2O[C-](c3ccccc3)c3ccccc32)cc1. The van der Waals surface area contributed by atoms with Gasteiger partial charge in [0.2, 0.25) is 0 Å². The van der Waals surface area contributed by atoms with E-state index in [0.717, 1.165) is 34.5 Å². The zero-order chi connectivity index (χ0) is 14.1. The van der Waals surface area contributed by atoms with Crippen LogP contribution in [-0.4, -0.2) is 0 Å². The van der Waals surface area contributed by atoms with Crippen LogP contribution < -0.4 is 0 Å². The first kappa shape index (κ1) is 12.1. The van der Waals surface area contributed by atoms with E-state index in [4.69, 9.17) is 4.74 Å². The molecule has 1 heterocycles. The van der Waals surface area contributed by atoms with Crippen molar-refractivity contribution in [2.24, 2.45) is 0 Å². The molecule has 0 amide bonds. The molecule has 0 aromatic heterocycles. The summed E-state index contributed by atoms with van der Waals surface area (Å²) < 4.78 is 6.24. The summed E-state index contributed by atoms with van der Waals surface area (Å²) in [6.45, 7) is 0. The van der Waals surface area contributed by atoms with Crippen LogP contribution in [0.25, 0.3) is 0 Å². The molecule has 3 aromatic carbocycles. The summed E-state index contributed by atoms with van der Waals surface area (Å²) in [6, 6.07) is 28.9. The van der Waals surface area contributed by atoms with Gasteiger partial charge >= 0.3 is 0 Å². The van der Waals surface area contributed by atoms with Gasteiger partial charge in [0.15, 0.2) is 0 Å². The van der Waals surface area contributed by atoms with E-state index in [2.05, 4.69) is 48.5 Å². The van der Waals surface area contributed by atoms with Crippen LogP contribution >= 0.6 is 0 Å². The maximum Gasteiger partial charge on any atom is -0.0274 e. The second-order valence-electron chi connectivity index (χ2n) is 5.04. The average Bonchev–Trinajstić information content (AvgIpc) is 2.96. The third-order valence-electron chi connectivity index (χ3n) is 3.69. The Morgan fingerprint density at radius 3 is 1.29 bits per heavy atom. The van der Waals surface area contributed by atoms with E-state index in [1.54, 1.807) is 0 Å². The molecule has 0 fully saturated rings. The second-order valence-corrected chi connectivity index (χ2v) is 5.04. The molecule has 0 spiro atoms. The van der Waals surface area contributed by atoms with Gasteiger partial charge in [0.1, 0.15) is 0 Å². The lowest BCUT2D eigenvalue weighted by Gasteiger charge is -2.24. The second kappa shape index (κ2) is 5.04. The molecule has 0 saturated carbocycles. The molecular formula is C20H14O-2. The minimum atomic E-state index is 0.935. The molecule has 0 unspecified atom stereocenters. The fourth-order valence-corrected chi connectivity index (χ4v) is 2.70. The highest BCUT2D eigenvalue weighted by molar-refractivity contribution is 5.59. The van der Waals surface area contributed by atoms with Crippen molar-refractivity contribution >= 4 is 0 Å². The van der Waals surface area contributed by atoms with E-state index in [1.807, 2.05) is 36.4 Å². The van der Waals surface area contributed by atoms with E-state index >= 15 is 0 Å². The molecule has 4 rings (SSSR count). The minimum Gasteiger partial charge on any atom is -0.400 e. The summed E-state index contributed by atoms with van der Waals surface area (Å²) in [5.74, 6) is 0. The predicted octanol–water partition coefficient (Wildman–Crippen LogP) is 4.57. The Kier molecular flexibility index (Phi) is 2.91. The molecular weight excluding hydrogens is 256 g/mol. The zero-order valence-corrected chi connectivity index (χ0v) is 11.5. The summed E-state index contributed by atoms with van der Waals surface area (Å²) in [4.78, 5) is 0. The van der Waals surface area contributed by atoms with Crippen molar-refractivity contribution in [1.29, 1.82) is 0 Å². The third-order valence-corrected chi connectivity index (χ3v) is 3.69. The Balaban J connectivity index is 1.81. The quantitative estimate of drug-likeness (QED) is 0.620. The van der Waals surface area contributed by atoms with Crippen LogP contribution in [0.2, 0.25) is 0 Å². The molecule has 3 aromatic rings. The monoisotopic (exact) mass is 270 g/mol. The lowest BCUT2D eigenvalue weighted by molar-refractivity contribution is 0.246. The standard InChI is InChI=1S/C20H14O/c1-3-9-15(10-4-1)19-17-13-7-8-14-18(17)20(21-19)16-11-5-2-6-12-16/h1-14H/q-2. The molecule has 0 atom stereocenters. The Labute approximate surface area is 124 Å². The lowest BCUT2D eigenvalue weighted by Crippen LogP contribution is -2.03. The highest BCUT2D eigenvalue weighted by Crippen LogP contribution is 2.43. The molecule has 0 N–H and O–H groups in total. The van der Waals surface area contributed by atoms with Gasteiger partial charge in [-0.05, 0) is 12.2 Å². The zero-order valence-electron chi connectivity index (χ0n) is 11.5. The van der Waals surface area contributed by atoms with Crippen molar-refractivity contribution in [3.05, 3.63) is 119 Å². The third kappa shape index (κ3) is 2.08. The number of hydrogen-bond acceptors (Lipinski definition) is 1. The van der Waals surface area contributed by atoms with Gasteiger partial charge in [-0.2, -0.15) is 12.1 Å². The van der Waals surface area contributed by atoms with Gasteiger partial charge in [-0.25, -0.2) is 0 Å². The van der Waals surface area contributed by atoms with Crippen LogP contribution in [0.3, 0.4) is 0 Å². The van der Waals surface area contributed by atoms with Crippen molar-refractivity contribution in [2.45, 2.75) is 0 Å². The van der Waals surface area contributed by atoms with Gasteiger partial charge in [0, 0.05) is 0 Å². The smallest absolute Gasteiger partial charge is 0.0274 e. The lowest BCUT2D eigenvalue weighted by atomic mass is 9.95. The van der Waals surface area contributed by atoms with E-state index in [-0.39, 0.29) is 0 Å². The largest absolute Gasteiger partial charge is 0.400 e. The molecule has 102 valence electrons. The molecule has 1 aliphatic heterocycles. The van der Waals surface area contributed by atoms with Gasteiger partial charge in [-0.3, -0.25) is 0 Å². The fraction of sp³-hybridized carbons (Fsp3) is 0. The number of hydrogen-bond donors (Lipinski definition) is 0. The molecule has 0 aliphatic carbocycles. The maximum atomic E-state index is 6.24. The van der Waals surface area contributed by atoms with E-state index in [1.165, 1.54) is 0 Å². The van der Waals surface area contributed by atoms with E-state index in [9.17, 15) is 0 Å². The van der Waals surface area contributed by atoms with Gasteiger partial charge < -0.3 is 4.74 Å². The molecule has 21 heavy (non-hydrogen) atoms. The molecule has 1 nitrogen and oxygen atoms in total. The highest BCUT2D eigenvalue weighted by atomic mass is 16.5. The van der Waals surface area contributed by atoms with Crippen molar-refractivity contribution in [2.75, 3.05) is 0 Å². The average molecular weight is 270 g/mol. The topological polar surface area (TPSA) is 9.23 Å². The highest BCUT2D eigenvalue weighted by Gasteiger charge is 2.21. The van der Waals surface area contributed by atoms with Crippen molar-refractivity contribution < 1.29 is 4.74 Å². The van der Waals surface area contributed by atoms with Gasteiger partial charge in [-0.1, -0.05) is 36.4 Å². The number of benzene rings is 3. The Hall–Kier alpha value is -2.64. The first-order chi connectivity index (χ1) is 10.4. The summed E-state index contributed by atoms with van der Waals surface area (Å²) in [5, 5.41) is 0. The van der Waals surface area contributed by atoms with Crippen molar-refractivity contribution in [1.82, 2.24) is 0 Å². The fourth-order valence-electron chi connectivity index (χ4n) is 2.70. The van der Waals surface area contributed by atoms with Crippen LogP contribution in [-0.2, 0) is 4.74 Å². The van der Waals surface area contributed by atoms with E-state index in [0.29, 0.717) is 0 Å². The summed E-state index contributed by atoms with van der Waals surface area (Å²) in [5.41, 5.74) is 4.52. The molecule has 0 radical (unpaired) electrons. The van der Waals surface area contributed by atoms with Crippen molar-refractivity contribution in [3.8, 4) is 0 Å². The Morgan fingerprint density at radius 2 is 0.857 bits per heavy atom. The molecule has 1 heteroatoms. The number of rotatable bonds is 2. The van der Waals surface area contributed by atoms with E-state index < -0.39 is 0 Å². The number of fused-ring (bicyclic) bond motifs is 1. The first-order valence-corrected chi connectivity index (χ1v) is 7.06. The van der Waals surface area contributed by atoms with Crippen LogP contribution in [0.4, 0.5) is 0 Å². The molecule has 1 aliphatic rings. The van der Waals surface area contributed by atoms with Crippen molar-refractivity contribution in [3.63, 3.8) is 0 Å². The minimum absolute atomic E-state index is 0.935. The summed E-state index contributed by atoms with van der Waals surface area (Å²) in [7, 11) is 0. The van der Waals surface area contributed by atoms with Gasteiger partial charge in [-0.15, -0.1) is 58.7 Å². The van der Waals surface area contributed by atoms with Crippen LogP contribution in [0.15, 0.2) is 84.9 Å². The molecule has 0 saturated heterocycles. The number of ether oxygens (including phenoxy) is 1. The van der Waals surface area contributed by atoms with Crippen LogP contribution in [0, 0.1) is 12.2 Å². The maximum absolute atomic E-state index is 6.24. The van der Waals surface area contributed by atoms with Gasteiger partial charge in [0.25, 0.3) is 0 Å². The predicted molar refractivity (Wildman–Crippen MR) is 83.3 cm³/mol. The van der Waals surface area contributed by atoms with Gasteiger partial charge in [0.05, 0.1) is 0 Å². The Bertz CT molecular complexity index is 670. The first-order valence-electron chi connectivity index (χ1n) is 7.06. The summed E-state index contributed by atoms with van der Waals surface area (Å²) >= 11 is 0. The van der Waals surface area contributed by atoms with Crippen LogP contribution in [0.5, 0.6) is 0 Å². The summed E-state index contributed by atoms with van der Waals surface area (Å²) in [6.07, 6.45) is 1.87.